The molecule has 1 aliphatic rings. The van der Waals surface area contributed by atoms with Crippen LogP contribution in [0.15, 0.2) is 45.2 Å². The minimum absolute atomic E-state index is 0.134. The number of aldehydes is 1. The fourth-order valence-corrected chi connectivity index (χ4v) is 5.01. The van der Waals surface area contributed by atoms with Gasteiger partial charge >= 0.3 is 11.9 Å². The number of aliphatic carboxylic acids is 2. The molecule has 1 amide bonds. The number of rotatable bonds is 15. The monoisotopic (exact) mass is 598 g/mol. The largest absolute Gasteiger partial charge is 0.480 e. The second-order valence-electron chi connectivity index (χ2n) is 10.5. The van der Waals surface area contributed by atoms with Crippen molar-refractivity contribution < 1.29 is 43.0 Å². The molecule has 232 valence electrons. The van der Waals surface area contributed by atoms with Crippen molar-refractivity contribution >= 4 is 35.1 Å². The van der Waals surface area contributed by atoms with Crippen LogP contribution in [0.25, 0.3) is 22.5 Å². The van der Waals surface area contributed by atoms with E-state index >= 15 is 0 Å². The SMILES string of the molecule is O=Cc1ccc(-c2oc3ccccc3c2COCCCCNC(=O)CN2CCN(CC(=O)O)CCN(CC(=O)O)CC2)o1. The number of carboxylic acids is 2. The van der Waals surface area contributed by atoms with E-state index < -0.39 is 11.9 Å². The van der Waals surface area contributed by atoms with E-state index in [2.05, 4.69) is 5.32 Å². The molecule has 3 N–H and O–H groups in total. The van der Waals surface area contributed by atoms with Gasteiger partial charge in [0.25, 0.3) is 0 Å². The van der Waals surface area contributed by atoms with Crippen molar-refractivity contribution in [3.05, 3.63) is 47.7 Å². The molecule has 1 aromatic carbocycles. The fourth-order valence-electron chi connectivity index (χ4n) is 5.01. The summed E-state index contributed by atoms with van der Waals surface area (Å²) in [4.78, 5) is 51.6. The highest BCUT2D eigenvalue weighted by molar-refractivity contribution is 5.87. The summed E-state index contributed by atoms with van der Waals surface area (Å²) >= 11 is 0. The molecule has 4 rings (SSSR count). The standard InChI is InChI=1S/C30H38N4O9/c35-20-22-7-8-26(42-22)30-24(23-5-1-2-6-25(23)43-30)21-41-16-4-3-9-31-27(36)17-32-10-12-33(18-28(37)38)14-15-34(13-11-32)19-29(39)40/h1-2,5-8,20H,3-4,9-19,21H2,(H,31,36)(H,37,38)(H,39,40). The smallest absolute Gasteiger partial charge is 0.317 e. The molecule has 0 spiro atoms. The van der Waals surface area contributed by atoms with Crippen LogP contribution in [0.5, 0.6) is 0 Å². The molecular formula is C30H38N4O9. The lowest BCUT2D eigenvalue weighted by molar-refractivity contribution is -0.140. The van der Waals surface area contributed by atoms with Gasteiger partial charge in [-0.1, -0.05) is 18.2 Å². The highest BCUT2D eigenvalue weighted by Gasteiger charge is 2.21. The third-order valence-corrected chi connectivity index (χ3v) is 7.23. The number of carbonyl (C=O) groups excluding carboxylic acids is 2. The summed E-state index contributed by atoms with van der Waals surface area (Å²) in [6, 6.07) is 10.9. The maximum Gasteiger partial charge on any atom is 0.317 e. The molecule has 0 saturated carbocycles. The van der Waals surface area contributed by atoms with E-state index in [0.717, 1.165) is 17.4 Å². The molecule has 0 radical (unpaired) electrons. The van der Waals surface area contributed by atoms with Crippen molar-refractivity contribution in [1.82, 2.24) is 20.0 Å². The van der Waals surface area contributed by atoms with Crippen LogP contribution in [0.1, 0.15) is 29.0 Å². The Balaban J connectivity index is 1.20. The fraction of sp³-hybridized carbons (Fsp3) is 0.467. The number of nitrogens with zero attached hydrogens (tertiary/aromatic N) is 3. The quantitative estimate of drug-likeness (QED) is 0.172. The Hall–Kier alpha value is -4.04. The van der Waals surface area contributed by atoms with Crippen molar-refractivity contribution in [2.24, 2.45) is 0 Å². The van der Waals surface area contributed by atoms with Gasteiger partial charge in [-0.25, -0.2) is 0 Å². The van der Waals surface area contributed by atoms with Crippen LogP contribution in [-0.2, 0) is 25.7 Å². The number of benzene rings is 1. The number of para-hydroxylation sites is 1. The van der Waals surface area contributed by atoms with E-state index in [1.807, 2.05) is 29.2 Å². The van der Waals surface area contributed by atoms with Crippen molar-refractivity contribution in [3.63, 3.8) is 0 Å². The van der Waals surface area contributed by atoms with Crippen molar-refractivity contribution in [1.29, 1.82) is 0 Å². The summed E-state index contributed by atoms with van der Waals surface area (Å²) in [5, 5.41) is 22.2. The molecule has 1 aliphatic heterocycles. The van der Waals surface area contributed by atoms with Gasteiger partial charge in [0.15, 0.2) is 23.6 Å². The normalized spacial score (nSPS) is 15.5. The molecule has 1 saturated heterocycles. The van der Waals surface area contributed by atoms with Gasteiger partial charge in [0.2, 0.25) is 5.91 Å². The van der Waals surface area contributed by atoms with Gasteiger partial charge in [0, 0.05) is 63.4 Å². The van der Waals surface area contributed by atoms with Crippen LogP contribution >= 0.6 is 0 Å². The predicted octanol–water partition coefficient (Wildman–Crippen LogP) is 2.01. The zero-order valence-electron chi connectivity index (χ0n) is 24.0. The Morgan fingerprint density at radius 1 is 0.837 bits per heavy atom. The van der Waals surface area contributed by atoms with Crippen LogP contribution in [0.3, 0.4) is 0 Å². The Morgan fingerprint density at radius 3 is 2.07 bits per heavy atom. The second kappa shape index (κ2) is 16.0. The Labute approximate surface area is 248 Å². The molecule has 3 heterocycles. The molecule has 13 heteroatoms. The van der Waals surface area contributed by atoms with Crippen LogP contribution in [0.2, 0.25) is 0 Å². The minimum Gasteiger partial charge on any atom is -0.480 e. The summed E-state index contributed by atoms with van der Waals surface area (Å²) in [5.41, 5.74) is 1.53. The van der Waals surface area contributed by atoms with Gasteiger partial charge in [-0.3, -0.25) is 33.9 Å². The Kier molecular flexibility index (Phi) is 11.9. The third-order valence-electron chi connectivity index (χ3n) is 7.23. The summed E-state index contributed by atoms with van der Waals surface area (Å²) < 4.78 is 17.5. The van der Waals surface area contributed by atoms with Gasteiger partial charge in [0.05, 0.1) is 26.2 Å². The van der Waals surface area contributed by atoms with Crippen molar-refractivity contribution in [2.45, 2.75) is 19.4 Å². The molecule has 2 aromatic heterocycles. The topological polar surface area (TPSA) is 166 Å². The van der Waals surface area contributed by atoms with Gasteiger partial charge < -0.3 is 29.1 Å². The van der Waals surface area contributed by atoms with Crippen molar-refractivity contribution in [3.8, 4) is 11.5 Å². The minimum atomic E-state index is -0.943. The first-order valence-electron chi connectivity index (χ1n) is 14.3. The number of carbonyl (C=O) groups is 4. The summed E-state index contributed by atoms with van der Waals surface area (Å²) in [6.07, 6.45) is 2.08. The molecule has 13 nitrogen and oxygen atoms in total. The Bertz CT molecular complexity index is 1360. The molecule has 43 heavy (non-hydrogen) atoms. The van der Waals surface area contributed by atoms with Crippen LogP contribution in [0.4, 0.5) is 0 Å². The number of unbranched alkanes of at least 4 members (excludes halogenated alkanes) is 1. The van der Waals surface area contributed by atoms with Gasteiger partial charge in [-0.05, 0) is 31.0 Å². The summed E-state index contributed by atoms with van der Waals surface area (Å²) in [7, 11) is 0. The lowest BCUT2D eigenvalue weighted by atomic mass is 10.1. The van der Waals surface area contributed by atoms with Crippen molar-refractivity contribution in [2.75, 3.05) is 72.1 Å². The molecule has 0 aliphatic carbocycles. The third kappa shape index (κ3) is 9.75. The molecular weight excluding hydrogens is 560 g/mol. The lowest BCUT2D eigenvalue weighted by Gasteiger charge is -2.24. The van der Waals surface area contributed by atoms with Crippen LogP contribution in [-0.4, -0.2) is 121 Å². The van der Waals surface area contributed by atoms with E-state index in [4.69, 9.17) is 13.6 Å². The second-order valence-corrected chi connectivity index (χ2v) is 10.5. The molecule has 3 aromatic rings. The summed E-state index contributed by atoms with van der Waals surface area (Å²) in [5.74, 6) is -0.829. The van der Waals surface area contributed by atoms with E-state index in [1.165, 1.54) is 0 Å². The molecule has 0 unspecified atom stereocenters. The molecule has 0 bridgehead atoms. The van der Waals surface area contributed by atoms with E-state index in [1.54, 1.807) is 21.9 Å². The number of hydrogen-bond donors (Lipinski definition) is 3. The average molecular weight is 599 g/mol. The number of nitrogens with one attached hydrogen (secondary N) is 1. The molecule has 1 fully saturated rings. The number of furan rings is 2. The zero-order valence-corrected chi connectivity index (χ0v) is 24.0. The Morgan fingerprint density at radius 2 is 1.47 bits per heavy atom. The number of ether oxygens (including phenoxy) is 1. The number of amides is 1. The first-order valence-corrected chi connectivity index (χ1v) is 14.3. The number of hydrogen-bond acceptors (Lipinski definition) is 10. The lowest BCUT2D eigenvalue weighted by Crippen LogP contribution is -2.43. The van der Waals surface area contributed by atoms with E-state index in [0.29, 0.717) is 88.8 Å². The first kappa shape index (κ1) is 31.9. The highest BCUT2D eigenvalue weighted by atomic mass is 16.5. The summed E-state index contributed by atoms with van der Waals surface area (Å²) in [6.45, 7) is 3.99. The van der Waals surface area contributed by atoms with Gasteiger partial charge in [-0.2, -0.15) is 0 Å². The zero-order chi connectivity index (χ0) is 30.6. The van der Waals surface area contributed by atoms with E-state index in [9.17, 15) is 29.4 Å². The highest BCUT2D eigenvalue weighted by Crippen LogP contribution is 2.35. The number of carboxylic acid groups (broad SMARTS) is 2. The maximum absolute atomic E-state index is 12.6. The predicted molar refractivity (Wildman–Crippen MR) is 156 cm³/mol. The first-order chi connectivity index (χ1) is 20.8. The average Bonchev–Trinajstić information content (AvgIpc) is 3.61. The number of fused-ring (bicyclic) bond motifs is 1. The van der Waals surface area contributed by atoms with Crippen LogP contribution in [0, 0.1) is 0 Å². The van der Waals surface area contributed by atoms with Crippen LogP contribution < -0.4 is 5.32 Å². The molecule has 0 atom stereocenters. The van der Waals surface area contributed by atoms with E-state index in [-0.39, 0.29) is 31.3 Å². The van der Waals surface area contributed by atoms with Gasteiger partial charge in [-0.15, -0.1) is 0 Å². The van der Waals surface area contributed by atoms with Gasteiger partial charge in [0.1, 0.15) is 5.58 Å². The maximum atomic E-state index is 12.6.